The predicted molar refractivity (Wildman–Crippen MR) is 158 cm³/mol. The molecule has 0 radical (unpaired) electrons. The molecule has 1 aromatic heterocycles. The van der Waals surface area contributed by atoms with Gasteiger partial charge in [-0.1, -0.05) is 40.9 Å². The summed E-state index contributed by atoms with van der Waals surface area (Å²) in [4.78, 5) is 12.6. The second kappa shape index (κ2) is 13.4. The van der Waals surface area contributed by atoms with Crippen molar-refractivity contribution in [3.05, 3.63) is 111 Å². The molecule has 13 heteroatoms. The van der Waals surface area contributed by atoms with Crippen molar-refractivity contribution >= 4 is 56.9 Å². The maximum absolute atomic E-state index is 13.6. The fourth-order valence-corrected chi connectivity index (χ4v) is 5.54. The van der Waals surface area contributed by atoms with E-state index < -0.39 is 15.9 Å². The molecule has 0 saturated heterocycles. The molecule has 3 aromatic carbocycles. The highest BCUT2D eigenvalue weighted by molar-refractivity contribution is 7.89. The third-order valence-electron chi connectivity index (χ3n) is 5.78. The van der Waals surface area contributed by atoms with E-state index in [0.29, 0.717) is 43.7 Å². The highest BCUT2D eigenvalue weighted by Crippen LogP contribution is 2.27. The normalized spacial score (nSPS) is 11.7. The number of hydrazone groups is 1. The van der Waals surface area contributed by atoms with Crippen LogP contribution in [0.3, 0.4) is 0 Å². The zero-order valence-electron chi connectivity index (χ0n) is 21.8. The summed E-state index contributed by atoms with van der Waals surface area (Å²) in [5, 5.41) is 5.01. The molecule has 0 bridgehead atoms. The summed E-state index contributed by atoms with van der Waals surface area (Å²) in [5.41, 5.74) is 3.32. The first kappa shape index (κ1) is 30.4. The molecule has 0 fully saturated rings. The molecule has 0 aliphatic heterocycles. The molecule has 0 unspecified atom stereocenters. The SMILES string of the molecule is COc1cc(OC)cc(C(=O)N/N=C\c2ccc(CN(Cc3ccc(Cl)c(Cl)c3)S(=O)(=O)c3ccc(Cl)cc3)o2)c1. The molecule has 214 valence electrons. The van der Waals surface area contributed by atoms with E-state index >= 15 is 0 Å². The van der Waals surface area contributed by atoms with Gasteiger partial charge in [-0.05, 0) is 66.2 Å². The average molecular weight is 637 g/mol. The molecule has 4 aromatic rings. The van der Waals surface area contributed by atoms with E-state index in [-0.39, 0.29) is 23.5 Å². The molecule has 1 amide bonds. The number of nitrogens with one attached hydrogen (secondary N) is 1. The Bertz CT molecular complexity index is 1650. The minimum absolute atomic E-state index is 0.00791. The predicted octanol–water partition coefficient (Wildman–Crippen LogP) is 6.41. The number of furan rings is 1. The minimum Gasteiger partial charge on any atom is -0.497 e. The molecule has 1 heterocycles. The lowest BCUT2D eigenvalue weighted by atomic mass is 10.2. The van der Waals surface area contributed by atoms with Gasteiger partial charge < -0.3 is 13.9 Å². The fraction of sp³-hybridized carbons (Fsp3) is 0.143. The van der Waals surface area contributed by atoms with Crippen LogP contribution in [0.25, 0.3) is 0 Å². The van der Waals surface area contributed by atoms with Crippen molar-refractivity contribution in [2.75, 3.05) is 14.2 Å². The number of sulfonamides is 1. The van der Waals surface area contributed by atoms with Crippen LogP contribution in [0.2, 0.25) is 15.1 Å². The van der Waals surface area contributed by atoms with E-state index in [2.05, 4.69) is 10.5 Å². The summed E-state index contributed by atoms with van der Waals surface area (Å²) in [7, 11) is -1.01. The number of carbonyl (C=O) groups excluding carboxylic acids is 1. The van der Waals surface area contributed by atoms with Crippen molar-refractivity contribution in [1.82, 2.24) is 9.73 Å². The smallest absolute Gasteiger partial charge is 0.271 e. The van der Waals surface area contributed by atoms with Gasteiger partial charge in [0.15, 0.2) is 0 Å². The van der Waals surface area contributed by atoms with Gasteiger partial charge in [-0.25, -0.2) is 13.8 Å². The number of ether oxygens (including phenoxy) is 2. The van der Waals surface area contributed by atoms with Crippen LogP contribution in [0.1, 0.15) is 27.4 Å². The van der Waals surface area contributed by atoms with Gasteiger partial charge in [-0.2, -0.15) is 9.41 Å². The monoisotopic (exact) mass is 635 g/mol. The third kappa shape index (κ3) is 7.81. The Morgan fingerprint density at radius 1 is 0.902 bits per heavy atom. The van der Waals surface area contributed by atoms with Crippen molar-refractivity contribution in [2.24, 2.45) is 5.10 Å². The number of halogens is 3. The van der Waals surface area contributed by atoms with Gasteiger partial charge in [0.1, 0.15) is 23.0 Å². The summed E-state index contributed by atoms with van der Waals surface area (Å²) < 4.78 is 44.5. The van der Waals surface area contributed by atoms with E-state index in [1.807, 2.05) is 0 Å². The highest BCUT2D eigenvalue weighted by Gasteiger charge is 2.26. The Hall–Kier alpha value is -3.54. The Balaban J connectivity index is 1.51. The van der Waals surface area contributed by atoms with Gasteiger partial charge in [0.2, 0.25) is 10.0 Å². The van der Waals surface area contributed by atoms with Gasteiger partial charge in [-0.3, -0.25) is 4.79 Å². The zero-order valence-corrected chi connectivity index (χ0v) is 24.9. The van der Waals surface area contributed by atoms with E-state index in [9.17, 15) is 13.2 Å². The molecule has 0 aliphatic rings. The number of hydrogen-bond donors (Lipinski definition) is 1. The molecule has 1 N–H and O–H groups in total. The van der Waals surface area contributed by atoms with Crippen molar-refractivity contribution < 1.29 is 27.1 Å². The molecular weight excluding hydrogens is 613 g/mol. The second-order valence-corrected chi connectivity index (χ2v) is 11.8. The molecular formula is C28H24Cl3N3O6S. The van der Waals surface area contributed by atoms with Crippen LogP contribution in [0.4, 0.5) is 0 Å². The lowest BCUT2D eigenvalue weighted by Gasteiger charge is -2.22. The molecule has 0 spiro atoms. The van der Waals surface area contributed by atoms with E-state index in [0.717, 1.165) is 0 Å². The Labute approximate surface area is 252 Å². The zero-order chi connectivity index (χ0) is 29.6. The summed E-state index contributed by atoms with van der Waals surface area (Å²) in [6.45, 7) is -0.110. The van der Waals surface area contributed by atoms with Crippen molar-refractivity contribution in [3.63, 3.8) is 0 Å². The van der Waals surface area contributed by atoms with Gasteiger partial charge >= 0.3 is 0 Å². The topological polar surface area (TPSA) is 110 Å². The number of methoxy groups -OCH3 is 2. The van der Waals surface area contributed by atoms with Crippen molar-refractivity contribution in [1.29, 1.82) is 0 Å². The second-order valence-electron chi connectivity index (χ2n) is 8.58. The molecule has 0 aliphatic carbocycles. The number of carbonyl (C=O) groups is 1. The summed E-state index contributed by atoms with van der Waals surface area (Å²) in [6.07, 6.45) is 1.30. The minimum atomic E-state index is -3.97. The Kier molecular flexibility index (Phi) is 9.95. The largest absolute Gasteiger partial charge is 0.497 e. The average Bonchev–Trinajstić information content (AvgIpc) is 3.41. The summed E-state index contributed by atoms with van der Waals surface area (Å²) in [5.74, 6) is 1.04. The quantitative estimate of drug-likeness (QED) is 0.150. The van der Waals surface area contributed by atoms with E-state index in [1.54, 1.807) is 48.5 Å². The van der Waals surface area contributed by atoms with Crippen LogP contribution < -0.4 is 14.9 Å². The van der Waals surface area contributed by atoms with E-state index in [4.69, 9.17) is 48.7 Å². The maximum atomic E-state index is 13.6. The van der Waals surface area contributed by atoms with Gasteiger partial charge in [0.05, 0.1) is 41.9 Å². The number of nitrogens with zero attached hydrogens (tertiary/aromatic N) is 2. The van der Waals surface area contributed by atoms with Gasteiger partial charge in [0, 0.05) is 23.2 Å². The molecule has 9 nitrogen and oxygen atoms in total. The Morgan fingerprint density at radius 3 is 2.22 bits per heavy atom. The van der Waals surface area contributed by atoms with Crippen molar-refractivity contribution in [3.8, 4) is 11.5 Å². The summed E-state index contributed by atoms with van der Waals surface area (Å²) >= 11 is 18.2. The molecule has 41 heavy (non-hydrogen) atoms. The van der Waals surface area contributed by atoms with Crippen LogP contribution in [0.5, 0.6) is 11.5 Å². The first-order valence-corrected chi connectivity index (χ1v) is 14.5. The summed E-state index contributed by atoms with van der Waals surface area (Å²) in [6, 6.07) is 18.7. The van der Waals surface area contributed by atoms with Crippen LogP contribution in [-0.4, -0.2) is 39.1 Å². The van der Waals surface area contributed by atoms with Crippen LogP contribution in [0, 0.1) is 0 Å². The number of hydrogen-bond acceptors (Lipinski definition) is 7. The maximum Gasteiger partial charge on any atom is 0.271 e. The third-order valence-corrected chi connectivity index (χ3v) is 8.58. The first-order valence-electron chi connectivity index (χ1n) is 11.9. The number of benzene rings is 3. The van der Waals surface area contributed by atoms with Crippen LogP contribution in [0.15, 0.2) is 87.2 Å². The molecule has 0 saturated carbocycles. The standard InChI is InChI=1S/C28H24Cl3N3O6S/c1-38-23-12-19(13-24(14-23)39-2)28(35)33-32-15-21-6-7-22(40-21)17-34(16-18-3-10-26(30)27(31)11-18)41(36,37)25-8-4-20(29)5-9-25/h3-15H,16-17H2,1-2H3,(H,33,35)/b32-15-. The number of rotatable bonds is 11. The fourth-order valence-electron chi connectivity index (χ4n) is 3.70. The van der Waals surface area contributed by atoms with Gasteiger partial charge in [0.25, 0.3) is 5.91 Å². The van der Waals surface area contributed by atoms with Crippen LogP contribution >= 0.6 is 34.8 Å². The highest BCUT2D eigenvalue weighted by atomic mass is 35.5. The lowest BCUT2D eigenvalue weighted by molar-refractivity contribution is 0.0954. The molecule has 4 rings (SSSR count). The van der Waals surface area contributed by atoms with E-state index in [1.165, 1.54) is 49.0 Å². The lowest BCUT2D eigenvalue weighted by Crippen LogP contribution is -2.30. The van der Waals surface area contributed by atoms with Gasteiger partial charge in [-0.15, -0.1) is 0 Å². The Morgan fingerprint density at radius 2 is 1.59 bits per heavy atom. The van der Waals surface area contributed by atoms with Crippen LogP contribution in [-0.2, 0) is 23.1 Å². The number of amides is 1. The first-order chi connectivity index (χ1) is 19.6. The van der Waals surface area contributed by atoms with Crippen molar-refractivity contribution in [2.45, 2.75) is 18.0 Å². The molecule has 0 atom stereocenters.